The van der Waals surface area contributed by atoms with Crippen molar-refractivity contribution in [2.75, 3.05) is 18.1 Å². The highest BCUT2D eigenvalue weighted by Gasteiger charge is 2.26. The highest BCUT2D eigenvalue weighted by Crippen LogP contribution is 2.32. The van der Waals surface area contributed by atoms with Gasteiger partial charge in [-0.05, 0) is 24.1 Å². The first kappa shape index (κ1) is 15.5. The summed E-state index contributed by atoms with van der Waals surface area (Å²) in [6.07, 6.45) is 3.34. The van der Waals surface area contributed by atoms with Crippen molar-refractivity contribution < 1.29 is 13.0 Å². The predicted octanol–water partition coefficient (Wildman–Crippen LogP) is 2.16. The van der Waals surface area contributed by atoms with Crippen LogP contribution in [0.4, 0.5) is 11.4 Å². The van der Waals surface area contributed by atoms with Crippen LogP contribution in [0.5, 0.6) is 0 Å². The van der Waals surface area contributed by atoms with Crippen molar-refractivity contribution in [1.29, 1.82) is 0 Å². The Kier molecular flexibility index (Phi) is 4.97. The number of benzene rings is 1. The summed E-state index contributed by atoms with van der Waals surface area (Å²) in [5, 5.41) is 2.09. The fourth-order valence-corrected chi connectivity index (χ4v) is 2.67. The summed E-state index contributed by atoms with van der Waals surface area (Å²) in [5.74, 6) is 0. The van der Waals surface area contributed by atoms with E-state index in [0.717, 1.165) is 16.8 Å². The minimum atomic E-state index is -4.06. The molecule has 19 heavy (non-hydrogen) atoms. The van der Waals surface area contributed by atoms with E-state index in [4.69, 9.17) is 10.3 Å². The molecule has 1 aliphatic carbocycles. The number of fused-ring (bicyclic) bond motifs is 1. The van der Waals surface area contributed by atoms with Crippen molar-refractivity contribution in [1.82, 2.24) is 0 Å². The SMILES string of the molecule is CC.CNc1ccc(N)c2c1CC(S(=O)(=O)O)C=C2. The topological polar surface area (TPSA) is 92.4 Å². The summed E-state index contributed by atoms with van der Waals surface area (Å²) in [7, 11) is -2.31. The first-order valence-corrected chi connectivity index (χ1v) is 7.67. The maximum absolute atomic E-state index is 11.1. The molecule has 0 bridgehead atoms. The molecule has 0 radical (unpaired) electrons. The molecule has 106 valence electrons. The zero-order valence-corrected chi connectivity index (χ0v) is 12.2. The summed E-state index contributed by atoms with van der Waals surface area (Å²) in [6, 6.07) is 3.57. The highest BCUT2D eigenvalue weighted by atomic mass is 32.2. The van der Waals surface area contributed by atoms with E-state index in [1.54, 1.807) is 25.3 Å². The van der Waals surface area contributed by atoms with Crippen molar-refractivity contribution in [3.8, 4) is 0 Å². The molecule has 1 aromatic carbocycles. The third-order valence-electron chi connectivity index (χ3n) is 2.93. The predicted molar refractivity (Wildman–Crippen MR) is 79.8 cm³/mol. The summed E-state index contributed by atoms with van der Waals surface area (Å²) in [6.45, 7) is 4.00. The van der Waals surface area contributed by atoms with Gasteiger partial charge in [0.15, 0.2) is 0 Å². The van der Waals surface area contributed by atoms with Crippen LogP contribution in [-0.2, 0) is 16.5 Å². The van der Waals surface area contributed by atoms with Gasteiger partial charge in [-0.15, -0.1) is 0 Å². The molecule has 1 atom stereocenters. The van der Waals surface area contributed by atoms with Gasteiger partial charge in [0.1, 0.15) is 5.25 Å². The second kappa shape index (κ2) is 6.08. The third-order valence-corrected chi connectivity index (χ3v) is 4.01. The van der Waals surface area contributed by atoms with E-state index < -0.39 is 15.4 Å². The number of anilines is 2. The lowest BCUT2D eigenvalue weighted by molar-refractivity contribution is 0.474. The Labute approximate surface area is 114 Å². The van der Waals surface area contributed by atoms with Crippen LogP contribution in [-0.4, -0.2) is 25.3 Å². The van der Waals surface area contributed by atoms with Crippen LogP contribution < -0.4 is 11.1 Å². The summed E-state index contributed by atoms with van der Waals surface area (Å²) in [5.41, 5.74) is 8.89. The Morgan fingerprint density at radius 3 is 2.53 bits per heavy atom. The Balaban J connectivity index is 0.000000861. The molecular formula is C13H20N2O3S. The van der Waals surface area contributed by atoms with Crippen LogP contribution in [0.25, 0.3) is 6.08 Å². The number of hydrogen-bond donors (Lipinski definition) is 3. The average Bonchev–Trinajstić information content (AvgIpc) is 2.40. The van der Waals surface area contributed by atoms with Gasteiger partial charge in [0, 0.05) is 24.0 Å². The van der Waals surface area contributed by atoms with Crippen LogP contribution in [0.2, 0.25) is 0 Å². The first-order valence-electron chi connectivity index (χ1n) is 6.17. The number of nitrogens with one attached hydrogen (secondary N) is 1. The van der Waals surface area contributed by atoms with Crippen molar-refractivity contribution in [2.45, 2.75) is 25.5 Å². The molecular weight excluding hydrogens is 264 g/mol. The molecule has 0 spiro atoms. The van der Waals surface area contributed by atoms with Gasteiger partial charge in [0.25, 0.3) is 10.1 Å². The Hall–Kier alpha value is -1.53. The summed E-state index contributed by atoms with van der Waals surface area (Å²) >= 11 is 0. The molecule has 0 aromatic heterocycles. The largest absolute Gasteiger partial charge is 0.398 e. The van der Waals surface area contributed by atoms with Gasteiger partial charge in [-0.2, -0.15) is 8.42 Å². The summed E-state index contributed by atoms with van der Waals surface area (Å²) < 4.78 is 31.3. The molecule has 5 nitrogen and oxygen atoms in total. The standard InChI is InChI=1S/C11H14N2O3S.C2H6/c1-13-11-5-4-10(12)8-3-2-7(6-9(8)11)17(14,15)16;1-2/h2-5,7,13H,6,12H2,1H3,(H,14,15,16);1-2H3. The minimum absolute atomic E-state index is 0.228. The fraction of sp³-hybridized carbons (Fsp3) is 0.385. The van der Waals surface area contributed by atoms with Crippen LogP contribution in [0, 0.1) is 0 Å². The Morgan fingerprint density at radius 2 is 2.00 bits per heavy atom. The Bertz CT molecular complexity index is 580. The number of rotatable bonds is 2. The molecule has 0 aliphatic heterocycles. The van der Waals surface area contributed by atoms with E-state index in [0.29, 0.717) is 5.69 Å². The summed E-state index contributed by atoms with van der Waals surface area (Å²) in [4.78, 5) is 0. The van der Waals surface area contributed by atoms with Gasteiger partial charge in [-0.25, -0.2) is 0 Å². The van der Waals surface area contributed by atoms with Gasteiger partial charge in [0.05, 0.1) is 0 Å². The Morgan fingerprint density at radius 1 is 1.37 bits per heavy atom. The lowest BCUT2D eigenvalue weighted by atomic mass is 9.94. The van der Waals surface area contributed by atoms with Crippen molar-refractivity contribution >= 4 is 27.6 Å². The molecule has 0 fully saturated rings. The number of hydrogen-bond acceptors (Lipinski definition) is 4. The van der Waals surface area contributed by atoms with Gasteiger partial charge >= 0.3 is 0 Å². The normalized spacial score (nSPS) is 17.2. The molecule has 1 aliphatic rings. The van der Waals surface area contributed by atoms with Crippen molar-refractivity contribution in [3.63, 3.8) is 0 Å². The zero-order chi connectivity index (χ0) is 14.6. The molecule has 4 N–H and O–H groups in total. The molecule has 0 heterocycles. The van der Waals surface area contributed by atoms with Gasteiger partial charge in [-0.3, -0.25) is 4.55 Å². The van der Waals surface area contributed by atoms with Gasteiger partial charge in [0.2, 0.25) is 0 Å². The van der Waals surface area contributed by atoms with Crippen LogP contribution in [0.1, 0.15) is 25.0 Å². The highest BCUT2D eigenvalue weighted by molar-refractivity contribution is 7.86. The molecule has 0 saturated heterocycles. The quantitative estimate of drug-likeness (QED) is 0.571. The van der Waals surface area contributed by atoms with Crippen molar-refractivity contribution in [3.05, 3.63) is 29.3 Å². The lowest BCUT2D eigenvalue weighted by Crippen LogP contribution is -2.24. The zero-order valence-electron chi connectivity index (χ0n) is 11.3. The monoisotopic (exact) mass is 284 g/mol. The third kappa shape index (κ3) is 3.27. The molecule has 1 unspecified atom stereocenters. The van der Waals surface area contributed by atoms with Crippen molar-refractivity contribution in [2.24, 2.45) is 0 Å². The second-order valence-corrected chi connectivity index (χ2v) is 5.60. The smallest absolute Gasteiger partial charge is 0.271 e. The second-order valence-electron chi connectivity index (χ2n) is 3.96. The fourth-order valence-electron chi connectivity index (χ4n) is 2.01. The van der Waals surface area contributed by atoms with E-state index in [-0.39, 0.29) is 6.42 Å². The van der Waals surface area contributed by atoms with Gasteiger partial charge < -0.3 is 11.1 Å². The van der Waals surface area contributed by atoms with Crippen LogP contribution in [0.15, 0.2) is 18.2 Å². The van der Waals surface area contributed by atoms with E-state index >= 15 is 0 Å². The number of nitrogens with two attached hydrogens (primary N) is 1. The molecule has 0 saturated carbocycles. The maximum Gasteiger partial charge on any atom is 0.271 e. The average molecular weight is 284 g/mol. The maximum atomic E-state index is 11.1. The lowest BCUT2D eigenvalue weighted by Gasteiger charge is -2.21. The van der Waals surface area contributed by atoms with E-state index in [2.05, 4.69) is 5.32 Å². The molecule has 6 heteroatoms. The van der Waals surface area contributed by atoms with Crippen LogP contribution >= 0.6 is 0 Å². The molecule has 0 amide bonds. The van der Waals surface area contributed by atoms with Crippen LogP contribution in [0.3, 0.4) is 0 Å². The van der Waals surface area contributed by atoms with E-state index in [1.807, 2.05) is 13.8 Å². The first-order chi connectivity index (χ1) is 8.93. The molecule has 1 aromatic rings. The minimum Gasteiger partial charge on any atom is -0.398 e. The van der Waals surface area contributed by atoms with E-state index in [9.17, 15) is 8.42 Å². The number of nitrogen functional groups attached to an aromatic ring is 1. The van der Waals surface area contributed by atoms with E-state index in [1.165, 1.54) is 6.08 Å². The molecule has 2 rings (SSSR count). The van der Waals surface area contributed by atoms with Gasteiger partial charge in [-0.1, -0.05) is 26.0 Å².